The lowest BCUT2D eigenvalue weighted by Crippen LogP contribution is -2.57. The van der Waals surface area contributed by atoms with Gasteiger partial charge in [0.25, 0.3) is 0 Å². The summed E-state index contributed by atoms with van der Waals surface area (Å²) in [4.78, 5) is 0. The summed E-state index contributed by atoms with van der Waals surface area (Å²) >= 11 is 0. The quantitative estimate of drug-likeness (QED) is 0.353. The molecular weight excluding hydrogens is 184 g/mol. The number of hydrogen-bond donors (Lipinski definition) is 0. The fourth-order valence-corrected chi connectivity index (χ4v) is 2.25. The van der Waals surface area contributed by atoms with Crippen molar-refractivity contribution in [2.75, 3.05) is 13.1 Å². The van der Waals surface area contributed by atoms with Crippen molar-refractivity contribution >= 4 is 0 Å². The fraction of sp³-hybridized carbons (Fsp3) is 0.692. The van der Waals surface area contributed by atoms with E-state index in [0.717, 1.165) is 25.2 Å². The van der Waals surface area contributed by atoms with Crippen LogP contribution in [0.3, 0.4) is 0 Å². The van der Waals surface area contributed by atoms with E-state index in [-0.39, 0.29) is 0 Å². The molecule has 1 radical (unpaired) electrons. The van der Waals surface area contributed by atoms with Gasteiger partial charge in [-0.2, -0.15) is 0 Å². The minimum atomic E-state index is 0.767. The number of nitrogens with zero attached hydrogens (tertiary/aromatic N) is 2. The van der Waals surface area contributed by atoms with Crippen LogP contribution < -0.4 is 5.01 Å². The van der Waals surface area contributed by atoms with E-state index in [1.165, 1.54) is 32.1 Å². The molecule has 0 unspecified atom stereocenters. The average molecular weight is 206 g/mol. The second-order valence-corrected chi connectivity index (χ2v) is 4.64. The van der Waals surface area contributed by atoms with Gasteiger partial charge < -0.3 is 0 Å². The lowest BCUT2D eigenvalue weighted by molar-refractivity contribution is 0.0161. The van der Waals surface area contributed by atoms with Gasteiger partial charge in [0.15, 0.2) is 12.6 Å². The van der Waals surface area contributed by atoms with Gasteiger partial charge in [-0.1, -0.05) is 22.7 Å². The van der Waals surface area contributed by atoms with E-state index >= 15 is 0 Å². The van der Waals surface area contributed by atoms with Crippen molar-refractivity contribution in [1.82, 2.24) is 10.0 Å². The van der Waals surface area contributed by atoms with Crippen LogP contribution in [-0.4, -0.2) is 30.2 Å². The van der Waals surface area contributed by atoms with Gasteiger partial charge in [-0.15, -0.1) is 6.58 Å². The van der Waals surface area contributed by atoms with Crippen LogP contribution in [0, 0.1) is 0 Å². The lowest BCUT2D eigenvalue weighted by Gasteiger charge is -2.33. The third-order valence-electron chi connectivity index (χ3n) is 3.43. The molecule has 2 nitrogen and oxygen atoms in total. The summed E-state index contributed by atoms with van der Waals surface area (Å²) in [5.41, 5.74) is 0. The summed E-state index contributed by atoms with van der Waals surface area (Å²) in [5.74, 6) is 0. The SMILES string of the molecule is C=CCN(C1CC1)[N+](CC=C)C1CCC1. The van der Waals surface area contributed by atoms with Gasteiger partial charge in [-0.05, 0) is 25.3 Å². The molecule has 0 aromatic heterocycles. The highest BCUT2D eigenvalue weighted by Crippen LogP contribution is 2.31. The Labute approximate surface area is 93.2 Å². The van der Waals surface area contributed by atoms with Gasteiger partial charge in [0, 0.05) is 12.8 Å². The molecule has 0 spiro atoms. The maximum atomic E-state index is 3.87. The van der Waals surface area contributed by atoms with Crippen LogP contribution in [0.4, 0.5) is 0 Å². The summed E-state index contributed by atoms with van der Waals surface area (Å²) in [5, 5.41) is 5.04. The molecule has 2 fully saturated rings. The Morgan fingerprint density at radius 3 is 2.27 bits per heavy atom. The first kappa shape index (κ1) is 10.9. The first-order valence-electron chi connectivity index (χ1n) is 6.11. The van der Waals surface area contributed by atoms with Gasteiger partial charge in [0.05, 0.1) is 12.6 Å². The molecular formula is C13H22N2+. The maximum absolute atomic E-state index is 3.87. The van der Waals surface area contributed by atoms with E-state index in [2.05, 4.69) is 23.2 Å². The second-order valence-electron chi connectivity index (χ2n) is 4.64. The molecule has 2 rings (SSSR count). The van der Waals surface area contributed by atoms with Crippen LogP contribution >= 0.6 is 0 Å². The first-order valence-corrected chi connectivity index (χ1v) is 6.11. The predicted octanol–water partition coefficient (Wildman–Crippen LogP) is 2.43. The van der Waals surface area contributed by atoms with Crippen LogP contribution in [0.5, 0.6) is 0 Å². The van der Waals surface area contributed by atoms with Crippen molar-refractivity contribution in [3.05, 3.63) is 25.3 Å². The van der Waals surface area contributed by atoms with E-state index in [9.17, 15) is 0 Å². The van der Waals surface area contributed by atoms with Crippen molar-refractivity contribution in [2.24, 2.45) is 0 Å². The van der Waals surface area contributed by atoms with Crippen molar-refractivity contribution in [3.63, 3.8) is 0 Å². The highest BCUT2D eigenvalue weighted by Gasteiger charge is 2.44. The Morgan fingerprint density at radius 2 is 1.87 bits per heavy atom. The molecule has 0 saturated heterocycles. The van der Waals surface area contributed by atoms with Gasteiger partial charge in [-0.25, -0.2) is 0 Å². The highest BCUT2D eigenvalue weighted by atomic mass is 15.7. The van der Waals surface area contributed by atoms with Crippen molar-refractivity contribution in [2.45, 2.75) is 44.2 Å². The molecule has 83 valence electrons. The van der Waals surface area contributed by atoms with Crippen LogP contribution in [0.15, 0.2) is 25.3 Å². The topological polar surface area (TPSA) is 9.14 Å². The van der Waals surface area contributed by atoms with Gasteiger partial charge in [0.1, 0.15) is 0 Å². The second kappa shape index (κ2) is 4.95. The number of hydrogen-bond acceptors (Lipinski definition) is 2. The van der Waals surface area contributed by atoms with E-state index in [1.807, 2.05) is 12.2 Å². The van der Waals surface area contributed by atoms with E-state index in [4.69, 9.17) is 0 Å². The molecule has 15 heavy (non-hydrogen) atoms. The molecule has 2 aliphatic rings. The molecule has 0 aromatic carbocycles. The Kier molecular flexibility index (Phi) is 3.60. The van der Waals surface area contributed by atoms with Crippen LogP contribution in [0.25, 0.3) is 0 Å². The van der Waals surface area contributed by atoms with Gasteiger partial charge in [-0.3, -0.25) is 0 Å². The highest BCUT2D eigenvalue weighted by molar-refractivity contribution is 4.94. The third kappa shape index (κ3) is 2.50. The monoisotopic (exact) mass is 206 g/mol. The Morgan fingerprint density at radius 1 is 1.13 bits per heavy atom. The maximum Gasteiger partial charge on any atom is 0.163 e. The zero-order valence-corrected chi connectivity index (χ0v) is 9.57. The van der Waals surface area contributed by atoms with Crippen molar-refractivity contribution < 1.29 is 0 Å². The smallest absolute Gasteiger partial charge is 0.102 e. The van der Waals surface area contributed by atoms with Gasteiger partial charge in [0.2, 0.25) is 0 Å². The summed E-state index contributed by atoms with van der Waals surface area (Å²) in [7, 11) is 0. The lowest BCUT2D eigenvalue weighted by atomic mass is 9.92. The molecule has 0 aromatic rings. The first-order chi connectivity index (χ1) is 7.36. The fourth-order valence-electron chi connectivity index (χ4n) is 2.25. The summed E-state index contributed by atoms with van der Waals surface area (Å²) in [6.07, 6.45) is 10.9. The van der Waals surface area contributed by atoms with E-state index in [0.29, 0.717) is 0 Å². The van der Waals surface area contributed by atoms with Crippen molar-refractivity contribution in [3.8, 4) is 0 Å². The molecule has 0 aliphatic heterocycles. The van der Waals surface area contributed by atoms with E-state index in [1.54, 1.807) is 0 Å². The molecule has 0 bridgehead atoms. The van der Waals surface area contributed by atoms with Crippen molar-refractivity contribution in [1.29, 1.82) is 0 Å². The Hall–Kier alpha value is -0.600. The normalized spacial score (nSPS) is 21.7. The zero-order valence-electron chi connectivity index (χ0n) is 9.57. The van der Waals surface area contributed by atoms with Gasteiger partial charge >= 0.3 is 0 Å². The van der Waals surface area contributed by atoms with E-state index < -0.39 is 0 Å². The summed E-state index contributed by atoms with van der Waals surface area (Å²) < 4.78 is 0. The molecule has 0 amide bonds. The minimum absolute atomic E-state index is 0.767. The molecule has 0 atom stereocenters. The Bertz CT molecular complexity index is 229. The van der Waals surface area contributed by atoms with Crippen LogP contribution in [-0.2, 0) is 0 Å². The summed E-state index contributed by atoms with van der Waals surface area (Å²) in [6, 6.07) is 1.55. The third-order valence-corrected chi connectivity index (χ3v) is 3.43. The number of hydrazine groups is 1. The van der Waals surface area contributed by atoms with Crippen LogP contribution in [0.2, 0.25) is 0 Å². The number of rotatable bonds is 7. The molecule has 2 heteroatoms. The largest absolute Gasteiger partial charge is 0.163 e. The average Bonchev–Trinajstić information content (AvgIpc) is 2.94. The standard InChI is InChI=1S/C13H22N2/c1-3-10-14(12-6-5-7-12)15(11-4-2)13-8-9-13/h3-4,12-13H,1-2,5-11H2/q+1. The predicted molar refractivity (Wildman–Crippen MR) is 64.8 cm³/mol. The zero-order chi connectivity index (χ0) is 10.7. The summed E-state index contributed by atoms with van der Waals surface area (Å²) in [6.45, 7) is 9.72. The Balaban J connectivity index is 1.97. The molecule has 0 heterocycles. The molecule has 0 N–H and O–H groups in total. The molecule has 2 aliphatic carbocycles. The molecule has 2 saturated carbocycles. The van der Waals surface area contributed by atoms with Crippen LogP contribution in [0.1, 0.15) is 32.1 Å². The minimum Gasteiger partial charge on any atom is -0.102 e.